The topological polar surface area (TPSA) is 132 Å². The standard InChI is InChI=1S/C66H37N9/c1-70-61-33-43(40-68)23-28-53(61)49-25-30-55-54-29-24-48(52-27-22-42(39-67)32-51(52)41-69)35-63(54)75(64(55)36-49)62-31-26-50(65-71-57(44-14-6-2-7-15-44)37-58(72-65)45-16-8-3-9-17-45)34-56(62)66-73-59(46-18-10-4-11-19-46)38-60(74-66)47-20-12-5-13-21-47/h2-38H. The van der Waals surface area contributed by atoms with Crippen molar-refractivity contribution < 1.29 is 0 Å². The van der Waals surface area contributed by atoms with Gasteiger partial charge in [-0.15, -0.1) is 0 Å². The maximum atomic E-state index is 10.4. The van der Waals surface area contributed by atoms with Crippen LogP contribution in [-0.4, -0.2) is 24.5 Å². The molecule has 75 heavy (non-hydrogen) atoms. The number of fused-ring (bicyclic) bond motifs is 3. The highest BCUT2D eigenvalue weighted by Crippen LogP contribution is 2.43. The van der Waals surface area contributed by atoms with E-state index in [-0.39, 0.29) is 0 Å². The Kier molecular flexibility index (Phi) is 11.6. The van der Waals surface area contributed by atoms with E-state index in [0.29, 0.717) is 50.7 Å². The second-order valence-corrected chi connectivity index (χ2v) is 17.9. The molecule has 346 valence electrons. The number of nitriles is 3. The summed E-state index contributed by atoms with van der Waals surface area (Å²) in [6, 6.07) is 79.9. The molecule has 12 rings (SSSR count). The van der Waals surface area contributed by atoms with Gasteiger partial charge in [-0.1, -0.05) is 158 Å². The van der Waals surface area contributed by atoms with E-state index >= 15 is 0 Å². The quantitative estimate of drug-likeness (QED) is 0.132. The second-order valence-electron chi connectivity index (χ2n) is 17.9. The summed E-state index contributed by atoms with van der Waals surface area (Å²) in [6.07, 6.45) is 0. The van der Waals surface area contributed by atoms with E-state index in [4.69, 9.17) is 26.5 Å². The summed E-state index contributed by atoms with van der Waals surface area (Å²) < 4.78 is 2.20. The summed E-state index contributed by atoms with van der Waals surface area (Å²) in [5.74, 6) is 0.966. The summed E-state index contributed by atoms with van der Waals surface area (Å²) in [6.45, 7) is 8.14. The van der Waals surface area contributed by atoms with E-state index in [1.807, 2.05) is 164 Å². The minimum Gasteiger partial charge on any atom is -0.308 e. The number of hydrogen-bond acceptors (Lipinski definition) is 7. The molecule has 0 aliphatic rings. The van der Waals surface area contributed by atoms with Gasteiger partial charge < -0.3 is 4.57 Å². The highest BCUT2D eigenvalue weighted by atomic mass is 15.0. The first-order chi connectivity index (χ1) is 37.0. The first-order valence-electron chi connectivity index (χ1n) is 24.1. The molecule has 0 atom stereocenters. The molecular formula is C66H37N9. The minimum absolute atomic E-state index is 0.361. The van der Waals surface area contributed by atoms with Gasteiger partial charge in [-0.05, 0) is 89.0 Å². The van der Waals surface area contributed by atoms with Gasteiger partial charge >= 0.3 is 0 Å². The highest BCUT2D eigenvalue weighted by Gasteiger charge is 2.23. The van der Waals surface area contributed by atoms with Gasteiger partial charge in [0.05, 0.1) is 75.4 Å². The molecule has 0 fully saturated rings. The Hall–Kier alpha value is -11.1. The highest BCUT2D eigenvalue weighted by molar-refractivity contribution is 6.12. The zero-order valence-electron chi connectivity index (χ0n) is 39.9. The van der Waals surface area contributed by atoms with Crippen LogP contribution in [0.25, 0.3) is 122 Å². The van der Waals surface area contributed by atoms with Crippen LogP contribution in [0.2, 0.25) is 0 Å². The first-order valence-corrected chi connectivity index (χ1v) is 24.1. The van der Waals surface area contributed by atoms with Gasteiger partial charge in [-0.2, -0.15) is 15.8 Å². The molecule has 9 nitrogen and oxygen atoms in total. The zero-order valence-corrected chi connectivity index (χ0v) is 39.9. The average molecular weight is 956 g/mol. The van der Waals surface area contributed by atoms with Crippen molar-refractivity contribution in [1.29, 1.82) is 15.8 Å². The number of rotatable bonds is 9. The molecule has 0 saturated carbocycles. The van der Waals surface area contributed by atoms with Crippen molar-refractivity contribution >= 4 is 27.5 Å². The van der Waals surface area contributed by atoms with Crippen LogP contribution in [0.1, 0.15) is 16.7 Å². The largest absolute Gasteiger partial charge is 0.308 e. The van der Waals surface area contributed by atoms with Crippen molar-refractivity contribution in [3.05, 3.63) is 253 Å². The Labute approximate surface area is 432 Å². The minimum atomic E-state index is 0.361. The van der Waals surface area contributed by atoms with Gasteiger partial charge in [0.2, 0.25) is 0 Å². The molecule has 3 aromatic heterocycles. The normalized spacial score (nSPS) is 10.9. The van der Waals surface area contributed by atoms with Crippen molar-refractivity contribution in [2.24, 2.45) is 0 Å². The third-order valence-corrected chi connectivity index (χ3v) is 13.4. The SMILES string of the molecule is [C-]#[N+]c1cc(C#N)ccc1-c1ccc2c3ccc(-c4ccc(C#N)cc4C#N)cc3n(-c3ccc(-c4nc(-c5ccccc5)cc(-c5ccccc5)n4)cc3-c3nc(-c4ccccc4)cc(-c4ccccc4)n3)c2c1. The molecule has 0 aliphatic heterocycles. The molecule has 9 heteroatoms. The molecule has 0 aliphatic carbocycles. The summed E-state index contributed by atoms with van der Waals surface area (Å²) in [7, 11) is 0. The molecule has 0 saturated heterocycles. The molecule has 9 aromatic carbocycles. The van der Waals surface area contributed by atoms with Gasteiger partial charge in [-0.3, -0.25) is 0 Å². The molecule has 0 unspecified atom stereocenters. The lowest BCUT2D eigenvalue weighted by molar-refractivity contribution is 1.13. The first kappa shape index (κ1) is 45.1. The zero-order chi connectivity index (χ0) is 50.8. The Morgan fingerprint density at radius 3 is 1.27 bits per heavy atom. The van der Waals surface area contributed by atoms with Crippen molar-refractivity contribution in [1.82, 2.24) is 24.5 Å². The monoisotopic (exact) mass is 955 g/mol. The summed E-state index contributed by atoms with van der Waals surface area (Å²) >= 11 is 0. The molecule has 0 amide bonds. The third kappa shape index (κ3) is 8.48. The van der Waals surface area contributed by atoms with Gasteiger partial charge in [0, 0.05) is 49.7 Å². The number of aromatic nitrogens is 5. The lowest BCUT2D eigenvalue weighted by atomic mass is 9.97. The van der Waals surface area contributed by atoms with Gasteiger partial charge in [0.1, 0.15) is 0 Å². The molecule has 0 radical (unpaired) electrons. The van der Waals surface area contributed by atoms with Crippen LogP contribution >= 0.6 is 0 Å². The van der Waals surface area contributed by atoms with Crippen LogP contribution in [0.3, 0.4) is 0 Å². The molecular weight excluding hydrogens is 919 g/mol. The molecule has 12 aromatic rings. The van der Waals surface area contributed by atoms with Crippen LogP contribution in [0.15, 0.2) is 224 Å². The Bertz CT molecular complexity index is 4140. The Morgan fingerprint density at radius 1 is 0.360 bits per heavy atom. The van der Waals surface area contributed by atoms with Crippen LogP contribution in [0.5, 0.6) is 0 Å². The van der Waals surface area contributed by atoms with E-state index < -0.39 is 0 Å². The second kappa shape index (κ2) is 19.2. The summed E-state index contributed by atoms with van der Waals surface area (Å²) in [5.41, 5.74) is 15.0. The fourth-order valence-corrected chi connectivity index (χ4v) is 9.73. The van der Waals surface area contributed by atoms with Crippen molar-refractivity contribution in [3.63, 3.8) is 0 Å². The van der Waals surface area contributed by atoms with Gasteiger partial charge in [0.15, 0.2) is 17.3 Å². The van der Waals surface area contributed by atoms with Crippen LogP contribution < -0.4 is 0 Å². The van der Waals surface area contributed by atoms with E-state index in [1.165, 1.54) is 0 Å². The fraction of sp³-hybridized carbons (Fsp3) is 0. The van der Waals surface area contributed by atoms with E-state index in [2.05, 4.69) is 64.0 Å². The van der Waals surface area contributed by atoms with Crippen LogP contribution in [-0.2, 0) is 0 Å². The van der Waals surface area contributed by atoms with E-state index in [9.17, 15) is 15.8 Å². The number of hydrogen-bond donors (Lipinski definition) is 0. The van der Waals surface area contributed by atoms with Gasteiger partial charge in [-0.25, -0.2) is 24.8 Å². The van der Waals surface area contributed by atoms with E-state index in [1.54, 1.807) is 24.3 Å². The Balaban J connectivity index is 1.19. The predicted molar refractivity (Wildman–Crippen MR) is 296 cm³/mol. The molecule has 0 N–H and O–H groups in total. The lowest BCUT2D eigenvalue weighted by Gasteiger charge is -2.17. The van der Waals surface area contributed by atoms with Crippen LogP contribution in [0, 0.1) is 40.6 Å². The van der Waals surface area contributed by atoms with Crippen molar-refractivity contribution in [2.45, 2.75) is 0 Å². The number of benzene rings is 9. The third-order valence-electron chi connectivity index (χ3n) is 13.4. The van der Waals surface area contributed by atoms with E-state index in [0.717, 1.165) is 89.2 Å². The molecule has 3 heterocycles. The number of nitrogens with zero attached hydrogens (tertiary/aromatic N) is 9. The maximum absolute atomic E-state index is 10.4. The molecule has 0 spiro atoms. The average Bonchev–Trinajstić information content (AvgIpc) is 3.87. The smallest absolute Gasteiger partial charge is 0.196 e. The maximum Gasteiger partial charge on any atom is 0.196 e. The van der Waals surface area contributed by atoms with Crippen molar-refractivity contribution in [2.75, 3.05) is 0 Å². The molecule has 0 bridgehead atoms. The summed E-state index contributed by atoms with van der Waals surface area (Å²) in [4.78, 5) is 25.2. The predicted octanol–water partition coefficient (Wildman–Crippen LogP) is 15.9. The Morgan fingerprint density at radius 2 is 0.800 bits per heavy atom. The summed E-state index contributed by atoms with van der Waals surface area (Å²) in [5, 5.41) is 31.8. The van der Waals surface area contributed by atoms with Gasteiger partial charge in [0.25, 0.3) is 0 Å². The van der Waals surface area contributed by atoms with Crippen LogP contribution in [0.4, 0.5) is 5.69 Å². The fourth-order valence-electron chi connectivity index (χ4n) is 9.73. The van der Waals surface area contributed by atoms with Crippen molar-refractivity contribution in [3.8, 4) is 114 Å². The lowest BCUT2D eigenvalue weighted by Crippen LogP contribution is -2.03.